The molecule has 0 spiro atoms. The minimum atomic E-state index is 0.187. The van der Waals surface area contributed by atoms with E-state index >= 15 is 0 Å². The Hall–Kier alpha value is -0.210. The van der Waals surface area contributed by atoms with Crippen LogP contribution in [0.4, 0.5) is 0 Å². The van der Waals surface area contributed by atoms with Gasteiger partial charge in [-0.15, -0.1) is 11.6 Å². The summed E-state index contributed by atoms with van der Waals surface area (Å²) >= 11 is 12.1. The molecule has 0 amide bonds. The quantitative estimate of drug-likeness (QED) is 0.731. The first-order valence-electron chi connectivity index (χ1n) is 4.92. The molecule has 0 saturated heterocycles. The number of hydrogen-bond donors (Lipinski definition) is 0. The molecule has 14 heavy (non-hydrogen) atoms. The van der Waals surface area contributed by atoms with Crippen molar-refractivity contribution in [3.8, 4) is 0 Å². The van der Waals surface area contributed by atoms with Gasteiger partial charge in [0.05, 0.1) is 16.4 Å². The van der Waals surface area contributed by atoms with Crippen molar-refractivity contribution in [1.82, 2.24) is 9.78 Å². The van der Waals surface area contributed by atoms with Crippen molar-refractivity contribution in [1.29, 1.82) is 0 Å². The highest BCUT2D eigenvalue weighted by Gasteiger charge is 2.12. The molecule has 80 valence electrons. The van der Waals surface area contributed by atoms with Crippen LogP contribution in [-0.2, 0) is 13.0 Å². The third-order valence-electron chi connectivity index (χ3n) is 2.23. The summed E-state index contributed by atoms with van der Waals surface area (Å²) in [6, 6.07) is 0. The van der Waals surface area contributed by atoms with Gasteiger partial charge in [-0.3, -0.25) is 4.68 Å². The van der Waals surface area contributed by atoms with Crippen LogP contribution in [0.1, 0.15) is 31.7 Å². The van der Waals surface area contributed by atoms with Crippen molar-refractivity contribution in [3.63, 3.8) is 0 Å². The van der Waals surface area contributed by atoms with Gasteiger partial charge in [-0.2, -0.15) is 5.10 Å². The Morgan fingerprint density at radius 2 is 2.14 bits per heavy atom. The highest BCUT2D eigenvalue weighted by Crippen LogP contribution is 2.22. The lowest BCUT2D eigenvalue weighted by atomic mass is 10.2. The van der Waals surface area contributed by atoms with E-state index in [0.717, 1.165) is 35.8 Å². The van der Waals surface area contributed by atoms with Crippen molar-refractivity contribution < 1.29 is 0 Å². The fraction of sp³-hybridized carbons (Fsp3) is 0.700. The van der Waals surface area contributed by atoms with Crippen molar-refractivity contribution in [2.75, 3.05) is 0 Å². The molecule has 0 aliphatic rings. The fourth-order valence-corrected chi connectivity index (χ4v) is 1.78. The van der Waals surface area contributed by atoms with Gasteiger partial charge < -0.3 is 0 Å². The molecule has 1 heterocycles. The number of rotatable bonds is 4. The van der Waals surface area contributed by atoms with Crippen LogP contribution in [0.15, 0.2) is 0 Å². The standard InChI is InChI=1S/C10H16Cl2N2/c1-4-14-9(6-5-7(2)11)10(12)8(3)13-14/h7H,4-6H2,1-3H3. The predicted molar refractivity (Wildman–Crippen MR) is 61.3 cm³/mol. The second-order valence-corrected chi connectivity index (χ2v) is 4.60. The summed E-state index contributed by atoms with van der Waals surface area (Å²) in [4.78, 5) is 0. The number of halogens is 2. The molecule has 1 rings (SSSR count). The van der Waals surface area contributed by atoms with E-state index in [1.54, 1.807) is 0 Å². The zero-order valence-corrected chi connectivity index (χ0v) is 10.4. The summed E-state index contributed by atoms with van der Waals surface area (Å²) < 4.78 is 1.96. The molecule has 0 fully saturated rings. The van der Waals surface area contributed by atoms with Crippen LogP contribution >= 0.6 is 23.2 Å². The van der Waals surface area contributed by atoms with Gasteiger partial charge in [-0.25, -0.2) is 0 Å². The third kappa shape index (κ3) is 2.64. The first-order chi connectivity index (χ1) is 6.56. The summed E-state index contributed by atoms with van der Waals surface area (Å²) in [7, 11) is 0. The monoisotopic (exact) mass is 234 g/mol. The molecule has 2 nitrogen and oxygen atoms in total. The summed E-state index contributed by atoms with van der Waals surface area (Å²) in [6.07, 6.45) is 1.84. The molecular weight excluding hydrogens is 219 g/mol. The Morgan fingerprint density at radius 1 is 1.50 bits per heavy atom. The Bertz CT molecular complexity index is 305. The van der Waals surface area contributed by atoms with E-state index in [-0.39, 0.29) is 5.38 Å². The highest BCUT2D eigenvalue weighted by atomic mass is 35.5. The van der Waals surface area contributed by atoms with Gasteiger partial charge in [0.2, 0.25) is 0 Å². The average Bonchev–Trinajstić information content (AvgIpc) is 2.40. The lowest BCUT2D eigenvalue weighted by molar-refractivity contribution is 0.605. The Morgan fingerprint density at radius 3 is 2.64 bits per heavy atom. The van der Waals surface area contributed by atoms with Crippen molar-refractivity contribution in [2.45, 2.75) is 45.5 Å². The summed E-state index contributed by atoms with van der Waals surface area (Å²) in [5, 5.41) is 5.33. The van der Waals surface area contributed by atoms with Gasteiger partial charge in [0.1, 0.15) is 0 Å². The Kier molecular flexibility index (Phi) is 4.27. The number of hydrogen-bond acceptors (Lipinski definition) is 1. The van der Waals surface area contributed by atoms with Gasteiger partial charge >= 0.3 is 0 Å². The molecule has 0 aliphatic heterocycles. The predicted octanol–water partition coefficient (Wildman–Crippen LogP) is 3.42. The second-order valence-electron chi connectivity index (χ2n) is 3.48. The SMILES string of the molecule is CCn1nc(C)c(Cl)c1CCC(C)Cl. The Balaban J connectivity index is 2.82. The molecule has 4 heteroatoms. The lowest BCUT2D eigenvalue weighted by Crippen LogP contribution is -2.05. The maximum atomic E-state index is 6.15. The van der Waals surface area contributed by atoms with Gasteiger partial charge in [0, 0.05) is 11.9 Å². The molecule has 1 atom stereocenters. The summed E-state index contributed by atoms with van der Waals surface area (Å²) in [6.45, 7) is 6.85. The van der Waals surface area contributed by atoms with E-state index < -0.39 is 0 Å². The highest BCUT2D eigenvalue weighted by molar-refractivity contribution is 6.31. The van der Waals surface area contributed by atoms with Gasteiger partial charge in [-0.1, -0.05) is 11.6 Å². The Labute approximate surface area is 95.2 Å². The largest absolute Gasteiger partial charge is 0.268 e. The number of nitrogens with zero attached hydrogens (tertiary/aromatic N) is 2. The van der Waals surface area contributed by atoms with Crippen LogP contribution in [0.2, 0.25) is 5.02 Å². The molecule has 0 aliphatic carbocycles. The molecule has 0 radical (unpaired) electrons. The van der Waals surface area contributed by atoms with Crippen LogP contribution in [0, 0.1) is 6.92 Å². The van der Waals surface area contributed by atoms with Crippen LogP contribution in [0.3, 0.4) is 0 Å². The van der Waals surface area contributed by atoms with Crippen LogP contribution in [-0.4, -0.2) is 15.2 Å². The van der Waals surface area contributed by atoms with E-state index in [1.807, 2.05) is 18.5 Å². The van der Waals surface area contributed by atoms with Crippen molar-refractivity contribution in [2.24, 2.45) is 0 Å². The lowest BCUT2D eigenvalue weighted by Gasteiger charge is -2.06. The molecule has 0 saturated carbocycles. The van der Waals surface area contributed by atoms with E-state index in [4.69, 9.17) is 23.2 Å². The third-order valence-corrected chi connectivity index (χ3v) is 2.94. The van der Waals surface area contributed by atoms with E-state index in [1.165, 1.54) is 0 Å². The zero-order chi connectivity index (χ0) is 10.7. The van der Waals surface area contributed by atoms with Gasteiger partial charge in [0.25, 0.3) is 0 Å². The first kappa shape index (κ1) is 11.9. The van der Waals surface area contributed by atoms with Crippen LogP contribution in [0.25, 0.3) is 0 Å². The topological polar surface area (TPSA) is 17.8 Å². The summed E-state index contributed by atoms with van der Waals surface area (Å²) in [5.41, 5.74) is 2.02. The molecule has 0 bridgehead atoms. The fourth-order valence-electron chi connectivity index (χ4n) is 1.44. The molecule has 1 aromatic rings. The van der Waals surface area contributed by atoms with Crippen LogP contribution in [0.5, 0.6) is 0 Å². The van der Waals surface area contributed by atoms with Crippen molar-refractivity contribution >= 4 is 23.2 Å². The zero-order valence-electron chi connectivity index (χ0n) is 8.85. The number of aromatic nitrogens is 2. The maximum Gasteiger partial charge on any atom is 0.0847 e. The van der Waals surface area contributed by atoms with Crippen molar-refractivity contribution in [3.05, 3.63) is 16.4 Å². The average molecular weight is 235 g/mol. The first-order valence-corrected chi connectivity index (χ1v) is 5.73. The molecule has 1 aromatic heterocycles. The molecule has 1 unspecified atom stereocenters. The van der Waals surface area contributed by atoms with E-state index in [0.29, 0.717) is 0 Å². The normalized spacial score (nSPS) is 13.2. The molecular formula is C10H16Cl2N2. The van der Waals surface area contributed by atoms with Gasteiger partial charge in [0.15, 0.2) is 0 Å². The minimum absolute atomic E-state index is 0.187. The summed E-state index contributed by atoms with van der Waals surface area (Å²) in [5.74, 6) is 0. The maximum absolute atomic E-state index is 6.15. The minimum Gasteiger partial charge on any atom is -0.268 e. The van der Waals surface area contributed by atoms with E-state index in [2.05, 4.69) is 12.0 Å². The number of aryl methyl sites for hydroxylation is 2. The molecule has 0 aromatic carbocycles. The van der Waals surface area contributed by atoms with Gasteiger partial charge in [-0.05, 0) is 33.6 Å². The second kappa shape index (κ2) is 5.04. The van der Waals surface area contributed by atoms with Crippen LogP contribution < -0.4 is 0 Å². The van der Waals surface area contributed by atoms with E-state index in [9.17, 15) is 0 Å². The smallest absolute Gasteiger partial charge is 0.0847 e. The molecule has 0 N–H and O–H groups in total. The number of alkyl halides is 1.